The van der Waals surface area contributed by atoms with E-state index >= 15 is 0 Å². The predicted octanol–water partition coefficient (Wildman–Crippen LogP) is 1.20. The highest BCUT2D eigenvalue weighted by atomic mass is 35.5. The van der Waals surface area contributed by atoms with Crippen molar-refractivity contribution in [2.24, 2.45) is 5.73 Å². The molecule has 0 saturated carbocycles. The third kappa shape index (κ3) is 5.76. The number of aromatic nitrogens is 1. The van der Waals surface area contributed by atoms with Crippen LogP contribution in [-0.4, -0.2) is 41.3 Å². The molecule has 0 saturated heterocycles. The topological polar surface area (TPSA) is 140 Å². The van der Waals surface area contributed by atoms with Crippen molar-refractivity contribution >= 4 is 51.6 Å². The first-order valence-corrected chi connectivity index (χ1v) is 8.81. The number of primary amides is 1. The Morgan fingerprint density at radius 1 is 1.33 bits per heavy atom. The number of thiophene rings is 1. The van der Waals surface area contributed by atoms with Crippen LogP contribution in [0, 0.1) is 0 Å². The van der Waals surface area contributed by atoms with E-state index in [0.29, 0.717) is 5.02 Å². The zero-order valence-electron chi connectivity index (χ0n) is 14.0. The van der Waals surface area contributed by atoms with Crippen LogP contribution in [0.3, 0.4) is 0 Å². The largest absolute Gasteiger partial charge is 0.451 e. The third-order valence-corrected chi connectivity index (χ3v) is 4.26. The van der Waals surface area contributed by atoms with Crippen molar-refractivity contribution in [1.29, 1.82) is 0 Å². The van der Waals surface area contributed by atoms with Crippen molar-refractivity contribution in [2.45, 2.75) is 13.0 Å². The molecule has 0 aromatic carbocycles. The summed E-state index contributed by atoms with van der Waals surface area (Å²) in [5, 5.41) is 6.95. The number of hydrogen-bond donors (Lipinski definition) is 3. The van der Waals surface area contributed by atoms with Gasteiger partial charge in [-0.3, -0.25) is 24.2 Å². The van der Waals surface area contributed by atoms with Gasteiger partial charge in [0.1, 0.15) is 17.2 Å². The van der Waals surface area contributed by atoms with Gasteiger partial charge in [0, 0.05) is 11.2 Å². The Kier molecular flexibility index (Phi) is 6.85. The minimum Gasteiger partial charge on any atom is -0.451 e. The molecule has 2 rings (SSSR count). The summed E-state index contributed by atoms with van der Waals surface area (Å²) in [5.41, 5.74) is 5.39. The summed E-state index contributed by atoms with van der Waals surface area (Å²) in [7, 11) is 0. The Bertz CT molecular complexity index is 885. The van der Waals surface area contributed by atoms with Gasteiger partial charge in [-0.05, 0) is 30.5 Å². The Morgan fingerprint density at radius 3 is 2.74 bits per heavy atom. The van der Waals surface area contributed by atoms with E-state index in [1.54, 1.807) is 5.38 Å². The standard InChI is InChI=1S/C16H15ClN4O5S/c1-8(14(24)21-16-10(13(18)23)3-5-27-16)26-12(22)7-20-15(25)11-6-9(17)2-4-19-11/h2-6,8H,7H2,1H3,(H2,18,23)(H,20,25)(H,21,24)/t8-/m1/s1. The number of rotatable bonds is 7. The number of amides is 3. The average molecular weight is 411 g/mol. The molecule has 0 aliphatic rings. The summed E-state index contributed by atoms with van der Waals surface area (Å²) in [4.78, 5) is 50.8. The van der Waals surface area contributed by atoms with Crippen LogP contribution in [-0.2, 0) is 14.3 Å². The van der Waals surface area contributed by atoms with E-state index in [4.69, 9.17) is 22.1 Å². The molecule has 0 bridgehead atoms. The van der Waals surface area contributed by atoms with Gasteiger partial charge in [-0.2, -0.15) is 0 Å². The Hall–Kier alpha value is -2.98. The normalized spacial score (nSPS) is 11.3. The molecule has 142 valence electrons. The summed E-state index contributed by atoms with van der Waals surface area (Å²) in [6.07, 6.45) is 0.203. The lowest BCUT2D eigenvalue weighted by atomic mass is 10.3. The Balaban J connectivity index is 1.84. The molecule has 0 fully saturated rings. The van der Waals surface area contributed by atoms with E-state index in [2.05, 4.69) is 15.6 Å². The molecule has 0 aliphatic heterocycles. The van der Waals surface area contributed by atoms with Crippen molar-refractivity contribution in [3.63, 3.8) is 0 Å². The van der Waals surface area contributed by atoms with Crippen LogP contribution in [0.4, 0.5) is 5.00 Å². The van der Waals surface area contributed by atoms with Crippen LogP contribution in [0.2, 0.25) is 5.02 Å². The maximum Gasteiger partial charge on any atom is 0.326 e. The lowest BCUT2D eigenvalue weighted by Crippen LogP contribution is -2.36. The zero-order chi connectivity index (χ0) is 20.0. The number of anilines is 1. The first kappa shape index (κ1) is 20.3. The van der Waals surface area contributed by atoms with Gasteiger partial charge in [-0.25, -0.2) is 0 Å². The maximum atomic E-state index is 12.1. The summed E-state index contributed by atoms with van der Waals surface area (Å²) in [6.45, 7) is 0.890. The van der Waals surface area contributed by atoms with Gasteiger partial charge in [-0.1, -0.05) is 11.6 Å². The minimum atomic E-state index is -1.15. The van der Waals surface area contributed by atoms with Gasteiger partial charge in [-0.15, -0.1) is 11.3 Å². The minimum absolute atomic E-state index is 0.0396. The fourth-order valence-electron chi connectivity index (χ4n) is 1.88. The van der Waals surface area contributed by atoms with Crippen LogP contribution in [0.1, 0.15) is 27.8 Å². The molecular weight excluding hydrogens is 396 g/mol. The zero-order valence-corrected chi connectivity index (χ0v) is 15.6. The average Bonchev–Trinajstić information content (AvgIpc) is 3.08. The van der Waals surface area contributed by atoms with E-state index in [9.17, 15) is 19.2 Å². The quantitative estimate of drug-likeness (QED) is 0.585. The number of nitrogens with zero attached hydrogens (tertiary/aromatic N) is 1. The highest BCUT2D eigenvalue weighted by Crippen LogP contribution is 2.22. The van der Waals surface area contributed by atoms with Crippen molar-refractivity contribution < 1.29 is 23.9 Å². The number of carbonyl (C=O) groups excluding carboxylic acids is 4. The second kappa shape index (κ2) is 9.10. The molecule has 27 heavy (non-hydrogen) atoms. The van der Waals surface area contributed by atoms with Crippen molar-refractivity contribution in [1.82, 2.24) is 10.3 Å². The first-order chi connectivity index (χ1) is 12.8. The molecule has 1 atom stereocenters. The second-order valence-corrected chi connectivity index (χ2v) is 6.54. The summed E-state index contributed by atoms with van der Waals surface area (Å²) in [5.74, 6) is -2.77. The number of hydrogen-bond acceptors (Lipinski definition) is 7. The van der Waals surface area contributed by atoms with Crippen LogP contribution in [0.15, 0.2) is 29.8 Å². The van der Waals surface area contributed by atoms with E-state index < -0.39 is 36.3 Å². The van der Waals surface area contributed by atoms with Gasteiger partial charge in [0.05, 0.1) is 5.56 Å². The van der Waals surface area contributed by atoms with Crippen LogP contribution < -0.4 is 16.4 Å². The van der Waals surface area contributed by atoms with Gasteiger partial charge < -0.3 is 21.1 Å². The molecule has 2 aromatic heterocycles. The second-order valence-electron chi connectivity index (χ2n) is 5.19. The van der Waals surface area contributed by atoms with Gasteiger partial charge in [0.2, 0.25) is 0 Å². The smallest absolute Gasteiger partial charge is 0.326 e. The van der Waals surface area contributed by atoms with Crippen LogP contribution in [0.25, 0.3) is 0 Å². The van der Waals surface area contributed by atoms with Crippen LogP contribution >= 0.6 is 22.9 Å². The number of pyridine rings is 1. The molecule has 9 nitrogen and oxygen atoms in total. The van der Waals surface area contributed by atoms with E-state index in [1.807, 2.05) is 0 Å². The summed E-state index contributed by atoms with van der Waals surface area (Å²) < 4.78 is 4.95. The van der Waals surface area contributed by atoms with E-state index in [1.165, 1.54) is 31.3 Å². The fraction of sp³-hybridized carbons (Fsp3) is 0.188. The summed E-state index contributed by atoms with van der Waals surface area (Å²) >= 11 is 6.87. The molecule has 0 spiro atoms. The van der Waals surface area contributed by atoms with Crippen LogP contribution in [0.5, 0.6) is 0 Å². The third-order valence-electron chi connectivity index (χ3n) is 3.19. The Morgan fingerprint density at radius 2 is 2.07 bits per heavy atom. The highest BCUT2D eigenvalue weighted by molar-refractivity contribution is 7.14. The van der Waals surface area contributed by atoms with Crippen molar-refractivity contribution in [3.05, 3.63) is 46.1 Å². The lowest BCUT2D eigenvalue weighted by Gasteiger charge is -2.13. The van der Waals surface area contributed by atoms with E-state index in [-0.39, 0.29) is 16.3 Å². The molecule has 2 heterocycles. The molecule has 4 N–H and O–H groups in total. The number of ether oxygens (including phenoxy) is 1. The predicted molar refractivity (Wildman–Crippen MR) is 98.6 cm³/mol. The number of esters is 1. The van der Waals surface area contributed by atoms with E-state index in [0.717, 1.165) is 11.3 Å². The number of nitrogens with one attached hydrogen (secondary N) is 2. The van der Waals surface area contributed by atoms with Gasteiger partial charge >= 0.3 is 5.97 Å². The molecule has 3 amide bonds. The first-order valence-electron chi connectivity index (χ1n) is 7.55. The fourth-order valence-corrected chi connectivity index (χ4v) is 2.83. The Labute approximate surface area is 162 Å². The molecular formula is C16H15ClN4O5S. The highest BCUT2D eigenvalue weighted by Gasteiger charge is 2.21. The number of halogens is 1. The molecule has 0 aliphatic carbocycles. The molecule has 2 aromatic rings. The monoisotopic (exact) mass is 410 g/mol. The molecule has 0 unspecified atom stereocenters. The van der Waals surface area contributed by atoms with Gasteiger partial charge in [0.15, 0.2) is 6.10 Å². The molecule has 0 radical (unpaired) electrons. The molecule has 11 heteroatoms. The maximum absolute atomic E-state index is 12.1. The van der Waals surface area contributed by atoms with Crippen molar-refractivity contribution in [3.8, 4) is 0 Å². The number of nitrogens with two attached hydrogens (primary N) is 1. The SMILES string of the molecule is C[C@@H](OC(=O)CNC(=O)c1cc(Cl)ccn1)C(=O)Nc1sccc1C(N)=O. The van der Waals surface area contributed by atoms with Gasteiger partial charge in [0.25, 0.3) is 17.7 Å². The summed E-state index contributed by atoms with van der Waals surface area (Å²) in [6, 6.07) is 4.32. The lowest BCUT2D eigenvalue weighted by molar-refractivity contribution is -0.152. The number of carbonyl (C=O) groups is 4. The van der Waals surface area contributed by atoms with Crippen molar-refractivity contribution in [2.75, 3.05) is 11.9 Å².